The molecule has 0 saturated carbocycles. The van der Waals surface area contributed by atoms with Crippen molar-refractivity contribution in [1.29, 1.82) is 5.26 Å². The molecule has 0 atom stereocenters. The van der Waals surface area contributed by atoms with Crippen molar-refractivity contribution in [2.24, 2.45) is 0 Å². The van der Waals surface area contributed by atoms with Gasteiger partial charge >= 0.3 is 0 Å². The molecule has 30 heavy (non-hydrogen) atoms. The number of hydrogen-bond donors (Lipinski definition) is 1. The maximum absolute atomic E-state index is 12.4. The third kappa shape index (κ3) is 5.15. The number of benzene rings is 2. The van der Waals surface area contributed by atoms with E-state index in [2.05, 4.69) is 5.32 Å². The van der Waals surface area contributed by atoms with Crippen LogP contribution in [0, 0.1) is 11.3 Å². The lowest BCUT2D eigenvalue weighted by Gasteiger charge is -2.20. The molecule has 1 fully saturated rings. The van der Waals surface area contributed by atoms with E-state index in [1.165, 1.54) is 19.2 Å². The number of anilines is 2. The number of nitriles is 1. The van der Waals surface area contributed by atoms with E-state index in [1.54, 1.807) is 35.2 Å². The number of carbonyl (C=O) groups is 2. The predicted octanol–water partition coefficient (Wildman–Crippen LogP) is 2.25. The topological polar surface area (TPSA) is 117 Å². The van der Waals surface area contributed by atoms with Gasteiger partial charge in [0.05, 0.1) is 30.2 Å². The molecule has 1 saturated heterocycles. The molecule has 0 unspecified atom stereocenters. The molecule has 0 bridgehead atoms. The number of nitrogens with one attached hydrogen (secondary N) is 1. The summed E-state index contributed by atoms with van der Waals surface area (Å²) in [5.74, 6) is -1.19. The van der Waals surface area contributed by atoms with Gasteiger partial charge in [0.1, 0.15) is 11.5 Å². The Labute approximate surface area is 175 Å². The van der Waals surface area contributed by atoms with E-state index < -0.39 is 21.5 Å². The minimum absolute atomic E-state index is 0.0261. The van der Waals surface area contributed by atoms with Crippen LogP contribution in [0.25, 0.3) is 0 Å². The zero-order valence-electron chi connectivity index (χ0n) is 16.4. The van der Waals surface area contributed by atoms with Crippen molar-refractivity contribution < 1.29 is 22.7 Å². The highest BCUT2D eigenvalue weighted by Gasteiger charge is 2.25. The third-order valence-electron chi connectivity index (χ3n) is 4.65. The molecule has 1 N–H and O–H groups in total. The van der Waals surface area contributed by atoms with Gasteiger partial charge in [0.2, 0.25) is 11.8 Å². The Morgan fingerprint density at radius 2 is 1.97 bits per heavy atom. The van der Waals surface area contributed by atoms with Gasteiger partial charge in [-0.15, -0.1) is 0 Å². The average molecular weight is 427 g/mol. The second-order valence-electron chi connectivity index (χ2n) is 6.92. The predicted molar refractivity (Wildman–Crippen MR) is 112 cm³/mol. The molecule has 2 aromatic rings. The second-order valence-corrected chi connectivity index (χ2v) is 8.99. The van der Waals surface area contributed by atoms with E-state index in [-0.39, 0.29) is 11.7 Å². The van der Waals surface area contributed by atoms with Gasteiger partial charge in [-0.2, -0.15) is 5.26 Å². The quantitative estimate of drug-likeness (QED) is 0.724. The van der Waals surface area contributed by atoms with Crippen molar-refractivity contribution in [3.8, 4) is 11.8 Å². The Bertz CT molecular complexity index is 1100. The third-order valence-corrected chi connectivity index (χ3v) is 6.12. The summed E-state index contributed by atoms with van der Waals surface area (Å²) in [6, 6.07) is 13.0. The lowest BCUT2D eigenvalue weighted by Crippen LogP contribution is -2.26. The number of carbonyl (C=O) groups excluding carboxylic acids is 2. The number of amides is 2. The molecule has 156 valence electrons. The molecule has 0 radical (unpaired) electrons. The minimum Gasteiger partial charge on any atom is -0.495 e. The van der Waals surface area contributed by atoms with Crippen molar-refractivity contribution >= 4 is 33.0 Å². The van der Waals surface area contributed by atoms with Gasteiger partial charge in [0, 0.05) is 18.7 Å². The highest BCUT2D eigenvalue weighted by molar-refractivity contribution is 7.91. The van der Waals surface area contributed by atoms with Crippen LogP contribution in [0.2, 0.25) is 0 Å². The lowest BCUT2D eigenvalue weighted by molar-refractivity contribution is -0.117. The molecule has 0 spiro atoms. The SMILES string of the molecule is COc1ccc(NC(=O)CS(=O)(=O)Cc2ccc(C#N)cc2)cc1N1CCCC1=O. The second kappa shape index (κ2) is 8.97. The van der Waals surface area contributed by atoms with Crippen LogP contribution in [0.15, 0.2) is 42.5 Å². The monoisotopic (exact) mass is 427 g/mol. The molecule has 3 rings (SSSR count). The highest BCUT2D eigenvalue weighted by Crippen LogP contribution is 2.34. The van der Waals surface area contributed by atoms with Gasteiger partial charge in [0.15, 0.2) is 9.84 Å². The van der Waals surface area contributed by atoms with E-state index in [1.807, 2.05) is 6.07 Å². The van der Waals surface area contributed by atoms with Crippen molar-refractivity contribution in [3.05, 3.63) is 53.6 Å². The van der Waals surface area contributed by atoms with Gasteiger partial charge in [0.25, 0.3) is 0 Å². The summed E-state index contributed by atoms with van der Waals surface area (Å²) in [4.78, 5) is 26.0. The maximum atomic E-state index is 12.4. The molecule has 9 heteroatoms. The molecular formula is C21H21N3O5S. The first-order valence-electron chi connectivity index (χ1n) is 9.29. The first-order chi connectivity index (χ1) is 14.3. The van der Waals surface area contributed by atoms with Crippen molar-refractivity contribution in [3.63, 3.8) is 0 Å². The summed E-state index contributed by atoms with van der Waals surface area (Å²) in [6.07, 6.45) is 1.19. The Kier molecular flexibility index (Phi) is 6.37. The zero-order chi connectivity index (χ0) is 21.7. The number of nitrogens with zero attached hydrogens (tertiary/aromatic N) is 2. The van der Waals surface area contributed by atoms with Crippen LogP contribution in [0.5, 0.6) is 5.75 Å². The largest absolute Gasteiger partial charge is 0.495 e. The van der Waals surface area contributed by atoms with Crippen LogP contribution in [-0.4, -0.2) is 39.6 Å². The fourth-order valence-corrected chi connectivity index (χ4v) is 4.53. The van der Waals surface area contributed by atoms with Crippen LogP contribution in [-0.2, 0) is 25.2 Å². The standard InChI is InChI=1S/C21H21N3O5S/c1-29-19-9-8-17(11-18(19)24-10-2-3-21(24)26)23-20(25)14-30(27,28)13-16-6-4-15(12-22)5-7-16/h4-9,11H,2-3,10,13-14H2,1H3,(H,23,25). The number of sulfone groups is 1. The number of methoxy groups -OCH3 is 1. The lowest BCUT2D eigenvalue weighted by atomic mass is 10.2. The summed E-state index contributed by atoms with van der Waals surface area (Å²) < 4.78 is 30.1. The first kappa shape index (κ1) is 21.3. The number of rotatable bonds is 7. The van der Waals surface area contributed by atoms with Gasteiger partial charge < -0.3 is 15.0 Å². The summed E-state index contributed by atoms with van der Waals surface area (Å²) >= 11 is 0. The van der Waals surface area contributed by atoms with Gasteiger partial charge in [-0.1, -0.05) is 12.1 Å². The van der Waals surface area contributed by atoms with Crippen molar-refractivity contribution in [2.75, 3.05) is 29.6 Å². The first-order valence-corrected chi connectivity index (χ1v) is 11.1. The van der Waals surface area contributed by atoms with Crippen LogP contribution < -0.4 is 15.0 Å². The Morgan fingerprint density at radius 1 is 1.23 bits per heavy atom. The minimum atomic E-state index is -3.71. The molecule has 0 aromatic heterocycles. The Balaban J connectivity index is 1.69. The molecule has 2 amide bonds. The normalized spacial score (nSPS) is 13.7. The fraction of sp³-hybridized carbons (Fsp3) is 0.286. The van der Waals surface area contributed by atoms with Crippen molar-refractivity contribution in [2.45, 2.75) is 18.6 Å². The van der Waals surface area contributed by atoms with Crippen LogP contribution in [0.1, 0.15) is 24.0 Å². The molecule has 0 aliphatic carbocycles. The molecule has 2 aromatic carbocycles. The van der Waals surface area contributed by atoms with Gasteiger partial charge in [-0.3, -0.25) is 9.59 Å². The maximum Gasteiger partial charge on any atom is 0.239 e. The molecule has 1 heterocycles. The van der Waals surface area contributed by atoms with Gasteiger partial charge in [-0.25, -0.2) is 8.42 Å². The molecule has 8 nitrogen and oxygen atoms in total. The van der Waals surface area contributed by atoms with Gasteiger partial charge in [-0.05, 0) is 42.3 Å². The Hall–Kier alpha value is -3.38. The number of hydrogen-bond acceptors (Lipinski definition) is 6. The summed E-state index contributed by atoms with van der Waals surface area (Å²) in [5, 5.41) is 11.4. The van der Waals surface area contributed by atoms with Crippen LogP contribution in [0.3, 0.4) is 0 Å². The molecular weight excluding hydrogens is 406 g/mol. The molecule has 1 aliphatic rings. The zero-order valence-corrected chi connectivity index (χ0v) is 17.2. The smallest absolute Gasteiger partial charge is 0.239 e. The van der Waals surface area contributed by atoms with E-state index >= 15 is 0 Å². The van der Waals surface area contributed by atoms with E-state index in [4.69, 9.17) is 10.00 Å². The van der Waals surface area contributed by atoms with E-state index in [0.717, 1.165) is 6.42 Å². The average Bonchev–Trinajstić information content (AvgIpc) is 3.13. The van der Waals surface area contributed by atoms with Crippen molar-refractivity contribution in [1.82, 2.24) is 0 Å². The Morgan fingerprint density at radius 3 is 2.57 bits per heavy atom. The number of ether oxygens (including phenoxy) is 1. The van der Waals surface area contributed by atoms with Crippen LogP contribution >= 0.6 is 0 Å². The van der Waals surface area contributed by atoms with E-state index in [0.29, 0.717) is 41.2 Å². The fourth-order valence-electron chi connectivity index (χ4n) is 3.26. The summed E-state index contributed by atoms with van der Waals surface area (Å²) in [7, 11) is -2.21. The van der Waals surface area contributed by atoms with Crippen LogP contribution in [0.4, 0.5) is 11.4 Å². The summed E-state index contributed by atoms with van der Waals surface area (Å²) in [5.41, 5.74) is 1.85. The molecule has 1 aliphatic heterocycles. The van der Waals surface area contributed by atoms with E-state index in [9.17, 15) is 18.0 Å². The summed E-state index contributed by atoms with van der Waals surface area (Å²) in [6.45, 7) is 0.561. The highest BCUT2D eigenvalue weighted by atomic mass is 32.2.